The summed E-state index contributed by atoms with van der Waals surface area (Å²) in [6.45, 7) is 0.487. The molecule has 5 nitrogen and oxygen atoms in total. The van der Waals surface area contributed by atoms with Crippen molar-refractivity contribution in [3.63, 3.8) is 0 Å². The van der Waals surface area contributed by atoms with Gasteiger partial charge in [-0.3, -0.25) is 9.59 Å². The molecule has 2 amide bonds. The van der Waals surface area contributed by atoms with Gasteiger partial charge in [0.15, 0.2) is 0 Å². The third kappa shape index (κ3) is 5.04. The smallest absolute Gasteiger partial charge is 0.251 e. The van der Waals surface area contributed by atoms with Crippen molar-refractivity contribution in [2.45, 2.75) is 31.7 Å². The van der Waals surface area contributed by atoms with Crippen molar-refractivity contribution in [3.8, 4) is 5.75 Å². The van der Waals surface area contributed by atoms with E-state index in [1.807, 2.05) is 0 Å². The van der Waals surface area contributed by atoms with Crippen LogP contribution in [-0.2, 0) is 4.79 Å². The van der Waals surface area contributed by atoms with Gasteiger partial charge in [0.05, 0.1) is 11.6 Å². The fraction of sp³-hybridized carbons (Fsp3) is 0.467. The van der Waals surface area contributed by atoms with E-state index in [1.54, 1.807) is 25.3 Å². The van der Waals surface area contributed by atoms with Gasteiger partial charge in [-0.25, -0.2) is 0 Å². The molecule has 1 aromatic carbocycles. The van der Waals surface area contributed by atoms with Crippen LogP contribution in [0, 0.1) is 0 Å². The molecule has 1 aromatic rings. The van der Waals surface area contributed by atoms with E-state index in [9.17, 15) is 9.59 Å². The van der Waals surface area contributed by atoms with Crippen LogP contribution in [0.5, 0.6) is 5.75 Å². The Kier molecular flexibility index (Phi) is 5.61. The lowest BCUT2D eigenvalue weighted by atomic mass is 10.2. The number of nitrogens with one attached hydrogen (secondary N) is 2. The van der Waals surface area contributed by atoms with Crippen LogP contribution in [0.4, 0.5) is 0 Å². The number of methoxy groups -OCH3 is 1. The van der Waals surface area contributed by atoms with Gasteiger partial charge in [-0.05, 0) is 53.4 Å². The number of benzene rings is 1. The summed E-state index contributed by atoms with van der Waals surface area (Å²) in [6, 6.07) is 5.55. The lowest BCUT2D eigenvalue weighted by molar-refractivity contribution is -0.121. The molecule has 21 heavy (non-hydrogen) atoms. The lowest BCUT2D eigenvalue weighted by Crippen LogP contribution is -2.28. The first kappa shape index (κ1) is 15.8. The predicted molar refractivity (Wildman–Crippen MR) is 83.4 cm³/mol. The highest BCUT2D eigenvalue weighted by Gasteiger charge is 2.22. The van der Waals surface area contributed by atoms with E-state index in [1.165, 1.54) is 0 Å². The minimum Gasteiger partial charge on any atom is -0.496 e. The fourth-order valence-corrected chi connectivity index (χ4v) is 2.43. The number of ether oxygens (including phenoxy) is 1. The Morgan fingerprint density at radius 2 is 2.14 bits per heavy atom. The van der Waals surface area contributed by atoms with Crippen molar-refractivity contribution in [1.82, 2.24) is 10.6 Å². The van der Waals surface area contributed by atoms with Gasteiger partial charge in [0.2, 0.25) is 5.91 Å². The maximum atomic E-state index is 12.0. The molecule has 2 rings (SSSR count). The van der Waals surface area contributed by atoms with Crippen molar-refractivity contribution in [2.24, 2.45) is 0 Å². The monoisotopic (exact) mass is 354 g/mol. The molecule has 1 aliphatic carbocycles. The van der Waals surface area contributed by atoms with Crippen molar-refractivity contribution < 1.29 is 14.3 Å². The van der Waals surface area contributed by atoms with Gasteiger partial charge < -0.3 is 15.4 Å². The molecule has 114 valence electrons. The molecular weight excluding hydrogens is 336 g/mol. The molecule has 0 radical (unpaired) electrons. The van der Waals surface area contributed by atoms with Gasteiger partial charge in [0.1, 0.15) is 5.75 Å². The highest BCUT2D eigenvalue weighted by atomic mass is 79.9. The summed E-state index contributed by atoms with van der Waals surface area (Å²) in [7, 11) is 1.58. The molecule has 2 N–H and O–H groups in total. The molecule has 0 spiro atoms. The van der Waals surface area contributed by atoms with Gasteiger partial charge in [-0.15, -0.1) is 0 Å². The molecule has 1 saturated carbocycles. The Morgan fingerprint density at radius 3 is 2.76 bits per heavy atom. The van der Waals surface area contributed by atoms with Crippen molar-refractivity contribution in [2.75, 3.05) is 13.7 Å². The molecule has 0 atom stereocenters. The number of carbonyl (C=O) groups is 2. The number of rotatable bonds is 7. The summed E-state index contributed by atoms with van der Waals surface area (Å²) in [5.41, 5.74) is 0.560. The molecular formula is C15H19BrN2O3. The Balaban J connectivity index is 1.71. The number of hydrogen-bond donors (Lipinski definition) is 2. The molecule has 1 aliphatic rings. The number of halogens is 1. The van der Waals surface area contributed by atoms with Gasteiger partial charge in [0.25, 0.3) is 5.91 Å². The third-order valence-electron chi connectivity index (χ3n) is 3.22. The Labute approximate surface area is 132 Å². The van der Waals surface area contributed by atoms with Gasteiger partial charge >= 0.3 is 0 Å². The van der Waals surface area contributed by atoms with E-state index >= 15 is 0 Å². The highest BCUT2D eigenvalue weighted by Crippen LogP contribution is 2.25. The van der Waals surface area contributed by atoms with Crippen LogP contribution >= 0.6 is 15.9 Å². The Morgan fingerprint density at radius 1 is 1.38 bits per heavy atom. The van der Waals surface area contributed by atoms with Gasteiger partial charge in [-0.1, -0.05) is 0 Å². The zero-order valence-electron chi connectivity index (χ0n) is 11.9. The van der Waals surface area contributed by atoms with E-state index in [2.05, 4.69) is 26.6 Å². The van der Waals surface area contributed by atoms with E-state index in [4.69, 9.17) is 4.74 Å². The summed E-state index contributed by atoms with van der Waals surface area (Å²) >= 11 is 3.35. The van der Waals surface area contributed by atoms with E-state index in [0.29, 0.717) is 36.7 Å². The molecule has 6 heteroatoms. The van der Waals surface area contributed by atoms with Crippen molar-refractivity contribution >= 4 is 27.7 Å². The van der Waals surface area contributed by atoms with Crippen LogP contribution in [0.2, 0.25) is 0 Å². The molecule has 0 bridgehead atoms. The average Bonchev–Trinajstić information content (AvgIpc) is 3.27. The second kappa shape index (κ2) is 7.45. The van der Waals surface area contributed by atoms with E-state index < -0.39 is 0 Å². The molecule has 1 fully saturated rings. The van der Waals surface area contributed by atoms with Crippen LogP contribution in [-0.4, -0.2) is 31.5 Å². The van der Waals surface area contributed by atoms with Gasteiger partial charge in [0, 0.05) is 24.6 Å². The van der Waals surface area contributed by atoms with Crippen molar-refractivity contribution in [1.29, 1.82) is 0 Å². The summed E-state index contributed by atoms with van der Waals surface area (Å²) in [5.74, 6) is 0.600. The normalized spacial score (nSPS) is 13.6. The van der Waals surface area contributed by atoms with Crippen LogP contribution in [0.1, 0.15) is 36.0 Å². The first-order chi connectivity index (χ1) is 10.1. The second-order valence-corrected chi connectivity index (χ2v) is 5.90. The number of carbonyl (C=O) groups excluding carboxylic acids is 2. The molecule has 0 saturated heterocycles. The third-order valence-corrected chi connectivity index (χ3v) is 3.84. The van der Waals surface area contributed by atoms with E-state index in [0.717, 1.165) is 17.3 Å². The highest BCUT2D eigenvalue weighted by molar-refractivity contribution is 9.10. The van der Waals surface area contributed by atoms with Crippen LogP contribution in [0.15, 0.2) is 22.7 Å². The Bertz CT molecular complexity index is 530. The van der Waals surface area contributed by atoms with Gasteiger partial charge in [-0.2, -0.15) is 0 Å². The SMILES string of the molecule is COc1ccc(C(=O)NCCCC(=O)NC2CC2)cc1Br. The number of amides is 2. The first-order valence-electron chi connectivity index (χ1n) is 7.01. The summed E-state index contributed by atoms with van der Waals surface area (Å²) in [6.07, 6.45) is 3.27. The fourth-order valence-electron chi connectivity index (χ4n) is 1.89. The number of hydrogen-bond acceptors (Lipinski definition) is 3. The standard InChI is InChI=1S/C15H19BrN2O3/c1-21-13-7-4-10(9-12(13)16)15(20)17-8-2-3-14(19)18-11-5-6-11/h4,7,9,11H,2-3,5-6,8H2,1H3,(H,17,20)(H,18,19). The lowest BCUT2D eigenvalue weighted by Gasteiger charge is -2.08. The molecule has 0 aromatic heterocycles. The zero-order chi connectivity index (χ0) is 15.2. The van der Waals surface area contributed by atoms with Crippen LogP contribution < -0.4 is 15.4 Å². The molecule has 0 aliphatic heterocycles. The first-order valence-corrected chi connectivity index (χ1v) is 7.80. The van der Waals surface area contributed by atoms with Crippen LogP contribution in [0.3, 0.4) is 0 Å². The van der Waals surface area contributed by atoms with Crippen molar-refractivity contribution in [3.05, 3.63) is 28.2 Å². The zero-order valence-corrected chi connectivity index (χ0v) is 13.5. The summed E-state index contributed by atoms with van der Waals surface area (Å²) in [5, 5.41) is 5.73. The minimum absolute atomic E-state index is 0.0685. The largest absolute Gasteiger partial charge is 0.496 e. The molecule has 0 unspecified atom stereocenters. The molecule has 0 heterocycles. The predicted octanol–water partition coefficient (Wildman–Crippen LogP) is 2.25. The quantitative estimate of drug-likeness (QED) is 0.738. The maximum absolute atomic E-state index is 12.0. The van der Waals surface area contributed by atoms with Crippen LogP contribution in [0.25, 0.3) is 0 Å². The summed E-state index contributed by atoms with van der Waals surface area (Å²) < 4.78 is 5.86. The maximum Gasteiger partial charge on any atom is 0.251 e. The topological polar surface area (TPSA) is 67.4 Å². The van der Waals surface area contributed by atoms with E-state index in [-0.39, 0.29) is 11.8 Å². The average molecular weight is 355 g/mol. The Hall–Kier alpha value is -1.56. The second-order valence-electron chi connectivity index (χ2n) is 5.05. The minimum atomic E-state index is -0.152. The summed E-state index contributed by atoms with van der Waals surface area (Å²) in [4.78, 5) is 23.4.